The van der Waals surface area contributed by atoms with E-state index in [1.54, 1.807) is 41.4 Å². The molecule has 0 bridgehead atoms. The Morgan fingerprint density at radius 1 is 1.40 bits per heavy atom. The lowest BCUT2D eigenvalue weighted by molar-refractivity contribution is -0.134. The molecule has 8 heteroatoms. The van der Waals surface area contributed by atoms with Crippen LogP contribution in [-0.2, 0) is 11.3 Å². The van der Waals surface area contributed by atoms with E-state index in [4.69, 9.17) is 0 Å². The summed E-state index contributed by atoms with van der Waals surface area (Å²) in [7, 11) is 1.72. The van der Waals surface area contributed by atoms with Crippen LogP contribution in [0.4, 0.5) is 5.82 Å². The highest BCUT2D eigenvalue weighted by Gasteiger charge is 2.36. The summed E-state index contributed by atoms with van der Waals surface area (Å²) >= 11 is 0. The molecule has 1 aliphatic heterocycles. The number of carbonyl (C=O) groups excluding carboxylic acids is 1. The third-order valence-electron chi connectivity index (χ3n) is 4.45. The van der Waals surface area contributed by atoms with E-state index in [0.717, 1.165) is 24.3 Å². The number of hydrogen-bond acceptors (Lipinski definition) is 6. The van der Waals surface area contributed by atoms with Crippen molar-refractivity contribution in [1.82, 2.24) is 24.6 Å². The van der Waals surface area contributed by atoms with Gasteiger partial charge in [0.25, 0.3) is 0 Å². The third-order valence-corrected chi connectivity index (χ3v) is 4.45. The average molecular weight is 344 g/mol. The lowest BCUT2D eigenvalue weighted by Gasteiger charge is -2.41. The third kappa shape index (κ3) is 4.33. The highest BCUT2D eigenvalue weighted by atomic mass is 16.3. The molecule has 0 aromatic carbocycles. The Hall–Kier alpha value is -2.48. The summed E-state index contributed by atoms with van der Waals surface area (Å²) in [6.45, 7) is 3.65. The van der Waals surface area contributed by atoms with E-state index in [1.807, 2.05) is 18.0 Å². The van der Waals surface area contributed by atoms with Gasteiger partial charge >= 0.3 is 0 Å². The van der Waals surface area contributed by atoms with Crippen LogP contribution in [0.15, 0.2) is 31.0 Å². The molecule has 0 saturated carbocycles. The van der Waals surface area contributed by atoms with Crippen molar-refractivity contribution >= 4 is 11.7 Å². The van der Waals surface area contributed by atoms with Crippen LogP contribution in [0.5, 0.6) is 0 Å². The van der Waals surface area contributed by atoms with Crippen molar-refractivity contribution in [3.8, 4) is 0 Å². The first kappa shape index (κ1) is 17.3. The van der Waals surface area contributed by atoms with Gasteiger partial charge in [0.1, 0.15) is 12.4 Å². The fraction of sp³-hybridized carbons (Fsp3) is 0.529. The highest BCUT2D eigenvalue weighted by Crippen LogP contribution is 2.25. The predicted octanol–water partition coefficient (Wildman–Crippen LogP) is 0.471. The molecular formula is C17H24N6O2. The molecule has 1 saturated heterocycles. The molecule has 8 nitrogen and oxygen atoms in total. The van der Waals surface area contributed by atoms with Crippen LogP contribution in [-0.4, -0.2) is 67.9 Å². The van der Waals surface area contributed by atoms with Crippen molar-refractivity contribution in [1.29, 1.82) is 0 Å². The fourth-order valence-electron chi connectivity index (χ4n) is 3.23. The number of nitrogens with zero attached hydrogens (tertiary/aromatic N) is 6. The van der Waals surface area contributed by atoms with E-state index in [-0.39, 0.29) is 19.0 Å². The van der Waals surface area contributed by atoms with Gasteiger partial charge in [-0.3, -0.25) is 14.5 Å². The Balaban J connectivity index is 1.61. The van der Waals surface area contributed by atoms with Gasteiger partial charge in [0.2, 0.25) is 5.91 Å². The van der Waals surface area contributed by atoms with Gasteiger partial charge in [0.15, 0.2) is 0 Å². The van der Waals surface area contributed by atoms with Crippen LogP contribution in [0.2, 0.25) is 0 Å². The first-order valence-corrected chi connectivity index (χ1v) is 8.42. The maximum absolute atomic E-state index is 12.4. The van der Waals surface area contributed by atoms with Crippen LogP contribution < -0.4 is 4.90 Å². The molecular weight excluding hydrogens is 320 g/mol. The maximum atomic E-state index is 12.4. The van der Waals surface area contributed by atoms with Crippen LogP contribution in [0, 0.1) is 6.92 Å². The summed E-state index contributed by atoms with van der Waals surface area (Å²) in [6, 6.07) is 0. The largest absolute Gasteiger partial charge is 0.386 e. The second-order valence-electron chi connectivity index (χ2n) is 6.78. The average Bonchev–Trinajstić information content (AvgIpc) is 3.00. The number of piperidine rings is 1. The number of hydrogen-bond donors (Lipinski definition) is 1. The Labute approximate surface area is 147 Å². The van der Waals surface area contributed by atoms with Crippen molar-refractivity contribution < 1.29 is 9.90 Å². The van der Waals surface area contributed by atoms with Crippen molar-refractivity contribution in [3.05, 3.63) is 36.5 Å². The summed E-state index contributed by atoms with van der Waals surface area (Å²) in [5, 5.41) is 15.1. The number of likely N-dealkylation sites (N-methyl/N-ethyl adjacent to an activating group) is 1. The van der Waals surface area contributed by atoms with Gasteiger partial charge < -0.3 is 14.9 Å². The lowest BCUT2D eigenvalue weighted by Crippen LogP contribution is -2.55. The van der Waals surface area contributed by atoms with Crippen LogP contribution in [0.25, 0.3) is 0 Å². The molecule has 1 fully saturated rings. The van der Waals surface area contributed by atoms with Crippen LogP contribution >= 0.6 is 0 Å². The van der Waals surface area contributed by atoms with Gasteiger partial charge in [-0.05, 0) is 25.3 Å². The van der Waals surface area contributed by atoms with Crippen molar-refractivity contribution in [2.45, 2.75) is 31.9 Å². The summed E-state index contributed by atoms with van der Waals surface area (Å²) in [5.74, 6) is 0.676. The van der Waals surface area contributed by atoms with E-state index >= 15 is 0 Å². The van der Waals surface area contributed by atoms with Gasteiger partial charge in [0.05, 0.1) is 24.5 Å². The first-order chi connectivity index (χ1) is 12.0. The molecule has 2 aromatic rings. The Morgan fingerprint density at radius 2 is 2.24 bits per heavy atom. The SMILES string of the molecule is Cc1cnn(CC(=O)N(C)C[C@]2(O)CCCN(c3cnccn3)C2)c1. The second-order valence-corrected chi connectivity index (χ2v) is 6.78. The van der Waals surface area contributed by atoms with E-state index < -0.39 is 5.60 Å². The fourth-order valence-corrected chi connectivity index (χ4v) is 3.23. The van der Waals surface area contributed by atoms with E-state index in [0.29, 0.717) is 13.0 Å². The standard InChI is InChI=1S/C17H24N6O2/c1-14-8-20-23(10-14)11-16(24)21(2)12-17(25)4-3-7-22(13-17)15-9-18-5-6-19-15/h5-6,8-10,25H,3-4,7,11-13H2,1-2H3/t17-/m1/s1. The van der Waals surface area contributed by atoms with E-state index in [9.17, 15) is 9.90 Å². The lowest BCUT2D eigenvalue weighted by atomic mass is 9.92. The number of amides is 1. The monoisotopic (exact) mass is 344 g/mol. The maximum Gasteiger partial charge on any atom is 0.244 e. The zero-order chi connectivity index (χ0) is 17.9. The van der Waals surface area contributed by atoms with Gasteiger partial charge in [-0.25, -0.2) is 4.98 Å². The topological polar surface area (TPSA) is 87.4 Å². The molecule has 0 unspecified atom stereocenters. The molecule has 134 valence electrons. The first-order valence-electron chi connectivity index (χ1n) is 8.42. The normalized spacial score (nSPS) is 20.5. The molecule has 0 spiro atoms. The highest BCUT2D eigenvalue weighted by molar-refractivity contribution is 5.75. The molecule has 2 aromatic heterocycles. The molecule has 0 radical (unpaired) electrons. The van der Waals surface area contributed by atoms with Crippen molar-refractivity contribution in [3.63, 3.8) is 0 Å². The second kappa shape index (κ2) is 7.18. The number of aryl methyl sites for hydroxylation is 1. The number of anilines is 1. The van der Waals surface area contributed by atoms with Gasteiger partial charge in [-0.15, -0.1) is 0 Å². The van der Waals surface area contributed by atoms with Crippen molar-refractivity contribution in [2.24, 2.45) is 0 Å². The van der Waals surface area contributed by atoms with Crippen LogP contribution in [0.3, 0.4) is 0 Å². The van der Waals surface area contributed by atoms with Gasteiger partial charge in [-0.1, -0.05) is 0 Å². The summed E-state index contributed by atoms with van der Waals surface area (Å²) in [6.07, 6.45) is 10.0. The Kier molecular flexibility index (Phi) is 4.98. The molecule has 1 atom stereocenters. The number of carbonyl (C=O) groups is 1. The van der Waals surface area contributed by atoms with Crippen LogP contribution in [0.1, 0.15) is 18.4 Å². The summed E-state index contributed by atoms with van der Waals surface area (Å²) in [4.78, 5) is 24.4. The minimum Gasteiger partial charge on any atom is -0.386 e. The van der Waals surface area contributed by atoms with E-state index in [1.165, 1.54) is 0 Å². The minimum atomic E-state index is -0.958. The number of aromatic nitrogens is 4. The van der Waals surface area contributed by atoms with Gasteiger partial charge in [0, 0.05) is 38.7 Å². The molecule has 3 rings (SSSR count). The molecule has 1 aliphatic rings. The molecule has 3 heterocycles. The smallest absolute Gasteiger partial charge is 0.244 e. The zero-order valence-corrected chi connectivity index (χ0v) is 14.7. The molecule has 0 aliphatic carbocycles. The summed E-state index contributed by atoms with van der Waals surface area (Å²) < 4.78 is 1.62. The van der Waals surface area contributed by atoms with Gasteiger partial charge in [-0.2, -0.15) is 5.10 Å². The Bertz CT molecular complexity index is 719. The number of aliphatic hydroxyl groups is 1. The quantitative estimate of drug-likeness (QED) is 0.848. The Morgan fingerprint density at radius 3 is 2.92 bits per heavy atom. The molecule has 25 heavy (non-hydrogen) atoms. The predicted molar refractivity (Wildman–Crippen MR) is 93.0 cm³/mol. The van der Waals surface area contributed by atoms with E-state index in [2.05, 4.69) is 15.1 Å². The molecule has 1 N–H and O–H groups in total. The van der Waals surface area contributed by atoms with Crippen molar-refractivity contribution in [2.75, 3.05) is 31.6 Å². The molecule has 1 amide bonds. The minimum absolute atomic E-state index is 0.0758. The summed E-state index contributed by atoms with van der Waals surface area (Å²) in [5.41, 5.74) is 0.0567. The number of rotatable bonds is 5. The zero-order valence-electron chi connectivity index (χ0n) is 14.7. The number of β-amino-alcohol motifs (C(OH)–C–C–N with tert-alkyl or cyclic N) is 1.